The third kappa shape index (κ3) is 6.43. The van der Waals surface area contributed by atoms with Crippen molar-refractivity contribution in [2.45, 2.75) is 63.4 Å². The fourth-order valence-corrected chi connectivity index (χ4v) is 6.87. The predicted molar refractivity (Wildman–Crippen MR) is 168 cm³/mol. The summed E-state index contributed by atoms with van der Waals surface area (Å²) in [5, 5.41) is 2.76. The van der Waals surface area contributed by atoms with E-state index in [-0.39, 0.29) is 36.5 Å². The van der Waals surface area contributed by atoms with Crippen LogP contribution in [0.3, 0.4) is 0 Å². The number of halogens is 4. The number of hydrogen-bond acceptors (Lipinski definition) is 7. The highest BCUT2D eigenvalue weighted by molar-refractivity contribution is 5.99. The second-order valence-electron chi connectivity index (χ2n) is 12.4. The molecule has 3 aliphatic heterocycles. The first kappa shape index (κ1) is 31.6. The smallest absolute Gasteiger partial charge is 0.419 e. The quantitative estimate of drug-likeness (QED) is 0.236. The van der Waals surface area contributed by atoms with Crippen molar-refractivity contribution in [3.05, 3.63) is 89.4 Å². The Morgan fingerprint density at radius 3 is 2.58 bits per heavy atom. The molecular formula is C34H33F4N7O3. The van der Waals surface area contributed by atoms with E-state index < -0.39 is 23.7 Å². The Balaban J connectivity index is 1.14. The number of aromatic nitrogens is 4. The van der Waals surface area contributed by atoms with Crippen molar-refractivity contribution in [2.24, 2.45) is 0 Å². The van der Waals surface area contributed by atoms with Crippen LogP contribution in [0.2, 0.25) is 0 Å². The van der Waals surface area contributed by atoms with Crippen LogP contribution >= 0.6 is 0 Å². The van der Waals surface area contributed by atoms with Gasteiger partial charge in [-0.05, 0) is 49.4 Å². The van der Waals surface area contributed by atoms with Gasteiger partial charge in [-0.2, -0.15) is 13.2 Å². The van der Waals surface area contributed by atoms with E-state index >= 15 is 0 Å². The average molecular weight is 664 g/mol. The first-order chi connectivity index (χ1) is 23.1. The highest BCUT2D eigenvalue weighted by atomic mass is 19.4. The van der Waals surface area contributed by atoms with Crippen molar-refractivity contribution in [3.63, 3.8) is 0 Å². The highest BCUT2D eigenvalue weighted by Crippen LogP contribution is 2.37. The molecule has 250 valence electrons. The van der Waals surface area contributed by atoms with Gasteiger partial charge in [-0.15, -0.1) is 0 Å². The molecule has 1 atom stereocenters. The van der Waals surface area contributed by atoms with Crippen LogP contribution in [0.5, 0.6) is 0 Å². The van der Waals surface area contributed by atoms with E-state index in [0.29, 0.717) is 62.2 Å². The molecule has 2 fully saturated rings. The number of fused-ring (bicyclic) bond motifs is 1. The van der Waals surface area contributed by atoms with E-state index in [1.165, 1.54) is 12.4 Å². The van der Waals surface area contributed by atoms with Crippen molar-refractivity contribution >= 4 is 23.6 Å². The second kappa shape index (κ2) is 12.9. The molecule has 0 aliphatic carbocycles. The number of amides is 2. The molecule has 1 N–H and O–H groups in total. The molecule has 10 nitrogen and oxygen atoms in total. The zero-order chi connectivity index (χ0) is 33.4. The molecule has 2 aromatic heterocycles. The number of hydrogen-bond donors (Lipinski definition) is 1. The summed E-state index contributed by atoms with van der Waals surface area (Å²) in [7, 11) is 0. The summed E-state index contributed by atoms with van der Waals surface area (Å²) < 4.78 is 62.6. The van der Waals surface area contributed by atoms with E-state index in [0.717, 1.165) is 36.1 Å². The van der Waals surface area contributed by atoms with Gasteiger partial charge in [0.2, 0.25) is 5.91 Å². The number of nitrogens with one attached hydrogen (secondary N) is 1. The minimum absolute atomic E-state index is 0.0490. The number of nitrogens with zero attached hydrogens (tertiary/aromatic N) is 6. The zero-order valence-electron chi connectivity index (χ0n) is 25.9. The van der Waals surface area contributed by atoms with Gasteiger partial charge in [-0.1, -0.05) is 30.3 Å². The minimum atomic E-state index is -4.86. The molecule has 7 rings (SSSR count). The monoisotopic (exact) mass is 663 g/mol. The van der Waals surface area contributed by atoms with Crippen molar-refractivity contribution in [2.75, 3.05) is 29.9 Å². The normalized spacial score (nSPS) is 18.2. The molecular weight excluding hydrogens is 630 g/mol. The summed E-state index contributed by atoms with van der Waals surface area (Å²) >= 11 is 0. The summed E-state index contributed by atoms with van der Waals surface area (Å²) in [5.74, 6) is 0.400. The third-order valence-electron chi connectivity index (χ3n) is 9.28. The molecule has 4 aromatic rings. The summed E-state index contributed by atoms with van der Waals surface area (Å²) in [6, 6.07) is 12.1. The van der Waals surface area contributed by atoms with Crippen LogP contribution < -0.4 is 10.2 Å². The molecule has 2 amide bonds. The van der Waals surface area contributed by atoms with Crippen molar-refractivity contribution in [3.8, 4) is 11.3 Å². The molecule has 0 bridgehead atoms. The van der Waals surface area contributed by atoms with Crippen molar-refractivity contribution in [1.82, 2.24) is 24.4 Å². The van der Waals surface area contributed by atoms with E-state index in [1.807, 2.05) is 34.9 Å². The summed E-state index contributed by atoms with van der Waals surface area (Å²) in [5.41, 5.74) is 0.745. The SMILES string of the molecule is O=C1Cc2c(ncnc2N2CCC(c3nc(-c4ccc(F)c(C(F)(F)F)c4)cn3CC3CCCN3C(=O)OCc3ccccc3)CC2)N1. The Kier molecular flexibility index (Phi) is 8.48. The van der Waals surface area contributed by atoms with Gasteiger partial charge < -0.3 is 24.4 Å². The molecule has 0 saturated carbocycles. The number of imidazole rings is 1. The van der Waals surface area contributed by atoms with Crippen LogP contribution in [-0.2, 0) is 35.3 Å². The van der Waals surface area contributed by atoms with Gasteiger partial charge >= 0.3 is 12.3 Å². The van der Waals surface area contributed by atoms with Gasteiger partial charge in [0.05, 0.1) is 23.7 Å². The van der Waals surface area contributed by atoms with Gasteiger partial charge in [-0.25, -0.2) is 24.1 Å². The lowest BCUT2D eigenvalue weighted by Crippen LogP contribution is -2.39. The van der Waals surface area contributed by atoms with Crippen molar-refractivity contribution < 1.29 is 31.9 Å². The van der Waals surface area contributed by atoms with Crippen molar-refractivity contribution in [1.29, 1.82) is 0 Å². The number of alkyl halides is 3. The predicted octanol–water partition coefficient (Wildman–Crippen LogP) is 6.18. The lowest BCUT2D eigenvalue weighted by molar-refractivity contribution is -0.140. The fourth-order valence-electron chi connectivity index (χ4n) is 6.87. The Morgan fingerprint density at radius 1 is 1.02 bits per heavy atom. The molecule has 3 aliphatic rings. The van der Waals surface area contributed by atoms with Gasteiger partial charge in [0.15, 0.2) is 0 Å². The maximum absolute atomic E-state index is 14.2. The molecule has 14 heteroatoms. The topological polar surface area (TPSA) is 105 Å². The van der Waals surface area contributed by atoms with E-state index in [1.54, 1.807) is 11.1 Å². The average Bonchev–Trinajstić information content (AvgIpc) is 3.82. The molecule has 2 saturated heterocycles. The van der Waals surface area contributed by atoms with Crippen LogP contribution in [-0.4, -0.2) is 62.1 Å². The van der Waals surface area contributed by atoms with Crippen LogP contribution in [0.4, 0.5) is 34.0 Å². The van der Waals surface area contributed by atoms with E-state index in [9.17, 15) is 27.2 Å². The number of likely N-dealkylation sites (tertiary alicyclic amines) is 1. The van der Waals surface area contributed by atoms with Crippen LogP contribution in [0, 0.1) is 5.82 Å². The minimum Gasteiger partial charge on any atom is -0.445 e. The second-order valence-corrected chi connectivity index (χ2v) is 12.4. The molecule has 48 heavy (non-hydrogen) atoms. The number of anilines is 2. The first-order valence-corrected chi connectivity index (χ1v) is 15.9. The Bertz CT molecular complexity index is 1820. The molecule has 1 unspecified atom stereocenters. The first-order valence-electron chi connectivity index (χ1n) is 15.9. The number of benzene rings is 2. The lowest BCUT2D eigenvalue weighted by Gasteiger charge is -2.34. The van der Waals surface area contributed by atoms with E-state index in [4.69, 9.17) is 9.72 Å². The summed E-state index contributed by atoms with van der Waals surface area (Å²) in [6.07, 6.45) is 0.918. The maximum Gasteiger partial charge on any atom is 0.419 e. The Hall–Kier alpha value is -5.01. The summed E-state index contributed by atoms with van der Waals surface area (Å²) in [6.45, 7) is 2.28. The molecule has 5 heterocycles. The number of carbonyl (C=O) groups is 2. The van der Waals surface area contributed by atoms with Gasteiger partial charge in [0, 0.05) is 49.4 Å². The standard InChI is InChI=1S/C34H33F4N7O3/c35-27-9-8-23(15-26(27)34(36,37)38)28-18-44(17-24-7-4-12-45(24)33(47)48-19-21-5-2-1-3-6-21)31(41-28)22-10-13-43(14-11-22)32-25-16-29(46)42-30(25)39-20-40-32/h1-3,5-6,8-9,15,18,20,22,24H,4,7,10-14,16-17,19H2,(H,39,40,42,46). The lowest BCUT2D eigenvalue weighted by atomic mass is 9.95. The maximum atomic E-state index is 14.2. The highest BCUT2D eigenvalue weighted by Gasteiger charge is 2.36. The molecule has 2 aromatic carbocycles. The van der Waals surface area contributed by atoms with Crippen LogP contribution in [0.25, 0.3) is 11.3 Å². The molecule has 0 spiro atoms. The summed E-state index contributed by atoms with van der Waals surface area (Å²) in [4.78, 5) is 42.5. The van der Waals surface area contributed by atoms with E-state index in [2.05, 4.69) is 20.2 Å². The number of piperidine rings is 1. The van der Waals surface area contributed by atoms with Crippen LogP contribution in [0.15, 0.2) is 61.1 Å². The largest absolute Gasteiger partial charge is 0.445 e. The number of ether oxygens (including phenoxy) is 1. The number of carbonyl (C=O) groups excluding carboxylic acids is 2. The Morgan fingerprint density at radius 2 is 1.81 bits per heavy atom. The molecule has 0 radical (unpaired) electrons. The fraction of sp³-hybridized carbons (Fsp3) is 0.382. The Labute approximate surface area is 273 Å². The van der Waals surface area contributed by atoms with Crippen LogP contribution in [0.1, 0.15) is 54.1 Å². The van der Waals surface area contributed by atoms with Gasteiger partial charge in [0.25, 0.3) is 0 Å². The third-order valence-corrected chi connectivity index (χ3v) is 9.28. The van der Waals surface area contributed by atoms with Gasteiger partial charge in [-0.3, -0.25) is 4.79 Å². The van der Waals surface area contributed by atoms with Gasteiger partial charge in [0.1, 0.15) is 36.2 Å². The zero-order valence-corrected chi connectivity index (χ0v) is 25.9. The number of rotatable bonds is 7.